The Balaban J connectivity index is 1.83. The first-order chi connectivity index (χ1) is 13.5. The summed E-state index contributed by atoms with van der Waals surface area (Å²) in [4.78, 5) is 23.3. The van der Waals surface area contributed by atoms with E-state index < -0.39 is 46.8 Å². The molecule has 1 amide bonds. The summed E-state index contributed by atoms with van der Waals surface area (Å²) in [7, 11) is -3.94. The molecule has 2 N–H and O–H groups in total. The second-order valence-corrected chi connectivity index (χ2v) is 7.69. The minimum absolute atomic E-state index is 0.0433. The molecule has 0 saturated carbocycles. The number of hydrogen-bond donors (Lipinski definition) is 2. The van der Waals surface area contributed by atoms with E-state index in [0.717, 1.165) is 23.8 Å². The van der Waals surface area contributed by atoms with Crippen molar-refractivity contribution in [1.29, 1.82) is 0 Å². The Morgan fingerprint density at radius 3 is 2.34 bits per heavy atom. The number of carbonyl (C=O) groups excluding carboxylic acids is 2. The van der Waals surface area contributed by atoms with Crippen LogP contribution in [0.5, 0.6) is 0 Å². The Morgan fingerprint density at radius 2 is 1.72 bits per heavy atom. The van der Waals surface area contributed by atoms with E-state index in [4.69, 9.17) is 0 Å². The summed E-state index contributed by atoms with van der Waals surface area (Å²) in [6, 6.07) is 9.84. The summed E-state index contributed by atoms with van der Waals surface area (Å²) >= 11 is 0. The molecule has 2 rings (SSSR count). The van der Waals surface area contributed by atoms with Crippen LogP contribution >= 0.6 is 0 Å². The number of hydrogen-bond acceptors (Lipinski definition) is 5. The molecule has 0 unspecified atom stereocenters. The van der Waals surface area contributed by atoms with Crippen molar-refractivity contribution in [2.45, 2.75) is 18.0 Å². The van der Waals surface area contributed by atoms with Crippen molar-refractivity contribution in [2.24, 2.45) is 0 Å². The van der Waals surface area contributed by atoms with Crippen molar-refractivity contribution in [3.05, 3.63) is 59.7 Å². The molecule has 0 aliphatic carbocycles. The molecule has 2 aromatic rings. The van der Waals surface area contributed by atoms with Crippen LogP contribution in [-0.2, 0) is 30.5 Å². The molecule has 0 bridgehead atoms. The predicted molar refractivity (Wildman–Crippen MR) is 97.4 cm³/mol. The lowest BCUT2D eigenvalue weighted by Crippen LogP contribution is -2.32. The van der Waals surface area contributed by atoms with Gasteiger partial charge in [0.1, 0.15) is 6.54 Å². The van der Waals surface area contributed by atoms with Crippen molar-refractivity contribution >= 4 is 27.6 Å². The van der Waals surface area contributed by atoms with Gasteiger partial charge in [-0.15, -0.1) is 0 Å². The van der Waals surface area contributed by atoms with Gasteiger partial charge < -0.3 is 10.1 Å². The van der Waals surface area contributed by atoms with E-state index in [2.05, 4.69) is 10.1 Å². The topological polar surface area (TPSA) is 102 Å². The van der Waals surface area contributed by atoms with Gasteiger partial charge in [-0.2, -0.15) is 17.9 Å². The normalized spacial score (nSPS) is 11.7. The van der Waals surface area contributed by atoms with Gasteiger partial charge >= 0.3 is 12.1 Å². The molecule has 11 heteroatoms. The number of carbonyl (C=O) groups is 2. The Bertz CT molecular complexity index is 989. The van der Waals surface area contributed by atoms with Gasteiger partial charge in [-0.05, 0) is 37.3 Å². The van der Waals surface area contributed by atoms with E-state index >= 15 is 0 Å². The number of anilines is 1. The first-order valence-electron chi connectivity index (χ1n) is 8.16. The highest BCUT2D eigenvalue weighted by Gasteiger charge is 2.30. The van der Waals surface area contributed by atoms with Gasteiger partial charge in [0, 0.05) is 5.69 Å². The van der Waals surface area contributed by atoms with Gasteiger partial charge in [0.05, 0.1) is 10.5 Å². The monoisotopic (exact) mass is 430 g/mol. The predicted octanol–water partition coefficient (Wildman–Crippen LogP) is 2.47. The summed E-state index contributed by atoms with van der Waals surface area (Å²) in [5.74, 6) is -1.90. The van der Waals surface area contributed by atoms with Crippen molar-refractivity contribution < 1.29 is 35.9 Å². The fraction of sp³-hybridized carbons (Fsp3) is 0.222. The molecule has 7 nitrogen and oxygen atoms in total. The fourth-order valence-corrected chi connectivity index (χ4v) is 3.09. The highest BCUT2D eigenvalue weighted by Crippen LogP contribution is 2.30. The molecular formula is C18H17F3N2O5S. The van der Waals surface area contributed by atoms with E-state index in [-0.39, 0.29) is 10.6 Å². The van der Waals surface area contributed by atoms with Crippen molar-refractivity contribution in [2.75, 3.05) is 18.5 Å². The van der Waals surface area contributed by atoms with Crippen LogP contribution in [0.25, 0.3) is 0 Å². The van der Waals surface area contributed by atoms with Crippen LogP contribution in [0.3, 0.4) is 0 Å². The fourth-order valence-electron chi connectivity index (χ4n) is 2.12. The number of aryl methyl sites for hydroxylation is 1. The van der Waals surface area contributed by atoms with E-state index in [0.29, 0.717) is 0 Å². The summed E-state index contributed by atoms with van der Waals surface area (Å²) in [5, 5.41) is 2.16. The van der Waals surface area contributed by atoms with E-state index in [1.54, 1.807) is 19.1 Å². The zero-order chi connectivity index (χ0) is 21.7. The highest BCUT2D eigenvalue weighted by atomic mass is 32.2. The van der Waals surface area contributed by atoms with Crippen LogP contribution < -0.4 is 10.0 Å². The van der Waals surface area contributed by atoms with Crippen LogP contribution in [0.4, 0.5) is 18.9 Å². The first-order valence-corrected chi connectivity index (χ1v) is 9.65. The molecule has 0 aliphatic rings. The number of alkyl halides is 3. The Kier molecular flexibility index (Phi) is 6.98. The molecule has 0 spiro atoms. The van der Waals surface area contributed by atoms with Gasteiger partial charge in [-0.1, -0.05) is 23.8 Å². The van der Waals surface area contributed by atoms with Crippen molar-refractivity contribution in [1.82, 2.24) is 4.72 Å². The molecular weight excluding hydrogens is 413 g/mol. The Hall–Kier alpha value is -2.92. The van der Waals surface area contributed by atoms with Crippen LogP contribution in [0.1, 0.15) is 11.1 Å². The van der Waals surface area contributed by atoms with E-state index in [9.17, 15) is 31.2 Å². The third kappa shape index (κ3) is 6.88. The molecule has 0 saturated heterocycles. The number of benzene rings is 2. The molecule has 0 heterocycles. The summed E-state index contributed by atoms with van der Waals surface area (Å²) in [5.41, 5.74) is -0.214. The van der Waals surface area contributed by atoms with Gasteiger partial charge in [-0.3, -0.25) is 9.59 Å². The number of rotatable bonds is 7. The molecule has 156 valence electrons. The standard InChI is InChI=1S/C18H17F3N2O5S/c1-12-5-7-15(8-6-12)29(26,27)22-10-17(25)28-11-16(24)23-14-4-2-3-13(9-14)18(19,20)21/h2-9,22H,10-11H2,1H3,(H,23,24). The maximum Gasteiger partial charge on any atom is 0.416 e. The van der Waals surface area contributed by atoms with Crippen LogP contribution in [0.2, 0.25) is 0 Å². The molecule has 0 radical (unpaired) electrons. The second-order valence-electron chi connectivity index (χ2n) is 5.93. The molecule has 0 fully saturated rings. The minimum Gasteiger partial charge on any atom is -0.455 e. The third-order valence-corrected chi connectivity index (χ3v) is 4.99. The zero-order valence-corrected chi connectivity index (χ0v) is 15.9. The second kappa shape index (κ2) is 9.05. The number of ether oxygens (including phenoxy) is 1. The number of esters is 1. The average molecular weight is 430 g/mol. The van der Waals surface area contributed by atoms with Gasteiger partial charge in [0.15, 0.2) is 6.61 Å². The number of nitrogens with one attached hydrogen (secondary N) is 2. The van der Waals surface area contributed by atoms with Gasteiger partial charge in [-0.25, -0.2) is 8.42 Å². The van der Waals surface area contributed by atoms with Crippen LogP contribution in [0, 0.1) is 6.92 Å². The largest absolute Gasteiger partial charge is 0.455 e. The smallest absolute Gasteiger partial charge is 0.416 e. The highest BCUT2D eigenvalue weighted by molar-refractivity contribution is 7.89. The minimum atomic E-state index is -4.57. The van der Waals surface area contributed by atoms with Gasteiger partial charge in [0.25, 0.3) is 5.91 Å². The van der Waals surface area contributed by atoms with Crippen LogP contribution in [0.15, 0.2) is 53.4 Å². The zero-order valence-electron chi connectivity index (χ0n) is 15.1. The molecule has 0 aliphatic heterocycles. The van der Waals surface area contributed by atoms with Gasteiger partial charge in [0.2, 0.25) is 10.0 Å². The number of amides is 1. The molecule has 0 aromatic heterocycles. The van der Waals surface area contributed by atoms with Crippen molar-refractivity contribution in [3.63, 3.8) is 0 Å². The lowest BCUT2D eigenvalue weighted by atomic mass is 10.2. The SMILES string of the molecule is Cc1ccc(S(=O)(=O)NCC(=O)OCC(=O)Nc2cccc(C(F)(F)F)c2)cc1. The third-order valence-electron chi connectivity index (χ3n) is 3.58. The number of halogens is 3. The molecule has 2 aromatic carbocycles. The maximum absolute atomic E-state index is 12.6. The summed E-state index contributed by atoms with van der Waals surface area (Å²) in [6.45, 7) is 0.278. The van der Waals surface area contributed by atoms with E-state index in [1.165, 1.54) is 18.2 Å². The lowest BCUT2D eigenvalue weighted by Gasteiger charge is -2.10. The van der Waals surface area contributed by atoms with E-state index in [1.807, 2.05) is 4.72 Å². The Morgan fingerprint density at radius 1 is 1.07 bits per heavy atom. The maximum atomic E-state index is 12.6. The quantitative estimate of drug-likeness (QED) is 0.658. The van der Waals surface area contributed by atoms with Crippen LogP contribution in [-0.4, -0.2) is 33.4 Å². The summed E-state index contributed by atoms with van der Waals surface area (Å²) in [6.07, 6.45) is -4.57. The average Bonchev–Trinajstić information content (AvgIpc) is 2.65. The Labute approximate surface area is 164 Å². The lowest BCUT2D eigenvalue weighted by molar-refractivity contribution is -0.146. The molecule has 0 atom stereocenters. The number of sulfonamides is 1. The summed E-state index contributed by atoms with van der Waals surface area (Å²) < 4.78 is 68.7. The molecule has 29 heavy (non-hydrogen) atoms. The van der Waals surface area contributed by atoms with Crippen molar-refractivity contribution in [3.8, 4) is 0 Å². The first kappa shape index (κ1) is 22.4.